The zero-order chi connectivity index (χ0) is 22.9. The van der Waals surface area contributed by atoms with E-state index in [0.29, 0.717) is 11.9 Å². The third-order valence-electron chi connectivity index (χ3n) is 5.02. The van der Waals surface area contributed by atoms with E-state index < -0.39 is 27.6 Å². The largest absolute Gasteiger partial charge is 0.421 e. The number of alkyl halides is 3. The third kappa shape index (κ3) is 4.53. The second-order valence-corrected chi connectivity index (χ2v) is 9.01. The Morgan fingerprint density at radius 2 is 1.75 bits per heavy atom. The Labute approximate surface area is 182 Å². The van der Waals surface area contributed by atoms with Crippen LogP contribution in [0.15, 0.2) is 47.8 Å². The summed E-state index contributed by atoms with van der Waals surface area (Å²) >= 11 is 0. The van der Waals surface area contributed by atoms with Gasteiger partial charge in [0.1, 0.15) is 5.56 Å². The van der Waals surface area contributed by atoms with Crippen molar-refractivity contribution in [2.24, 2.45) is 0 Å². The minimum Gasteiger partial charge on any atom is -0.369 e. The van der Waals surface area contributed by atoms with Crippen LogP contribution in [0.5, 0.6) is 0 Å². The van der Waals surface area contributed by atoms with E-state index in [4.69, 9.17) is 0 Å². The maximum Gasteiger partial charge on any atom is 0.421 e. The molecule has 1 aliphatic heterocycles. The topological polar surface area (TPSA) is 105 Å². The van der Waals surface area contributed by atoms with Crippen LogP contribution < -0.4 is 14.9 Å². The van der Waals surface area contributed by atoms with Gasteiger partial charge in [0.2, 0.25) is 16.0 Å². The second-order valence-electron chi connectivity index (χ2n) is 7.12. The number of sulfonamides is 1. The van der Waals surface area contributed by atoms with Crippen LogP contribution in [0.2, 0.25) is 0 Å². The molecule has 0 amide bonds. The van der Waals surface area contributed by atoms with Gasteiger partial charge < -0.3 is 10.2 Å². The number of nitrogens with zero attached hydrogens (tertiary/aromatic N) is 5. The van der Waals surface area contributed by atoms with Gasteiger partial charge in [-0.3, -0.25) is 0 Å². The minimum absolute atomic E-state index is 0.0468. The molecule has 3 aromatic rings. The Kier molecular flexibility index (Phi) is 5.77. The number of benzene rings is 1. The van der Waals surface area contributed by atoms with Crippen molar-refractivity contribution in [2.75, 3.05) is 30.4 Å². The zero-order valence-corrected chi connectivity index (χ0v) is 17.8. The molecule has 4 rings (SSSR count). The van der Waals surface area contributed by atoms with E-state index in [1.165, 1.54) is 43.7 Å². The lowest BCUT2D eigenvalue weighted by Crippen LogP contribution is -2.18. The summed E-state index contributed by atoms with van der Waals surface area (Å²) in [4.78, 5) is 9.92. The fourth-order valence-electron chi connectivity index (χ4n) is 3.34. The molecule has 0 saturated carbocycles. The lowest BCUT2D eigenvalue weighted by molar-refractivity contribution is -0.138. The molecule has 0 spiro atoms. The highest BCUT2D eigenvalue weighted by Gasteiger charge is 2.36. The summed E-state index contributed by atoms with van der Waals surface area (Å²) in [5.74, 6) is -0.495. The van der Waals surface area contributed by atoms with Gasteiger partial charge in [-0.2, -0.15) is 23.3 Å². The van der Waals surface area contributed by atoms with E-state index in [-0.39, 0.29) is 10.8 Å². The summed E-state index contributed by atoms with van der Waals surface area (Å²) in [6.07, 6.45) is 1.11. The zero-order valence-electron chi connectivity index (χ0n) is 17.0. The van der Waals surface area contributed by atoms with Crippen LogP contribution in [0.4, 0.5) is 30.5 Å². The fourth-order valence-corrected chi connectivity index (χ4v) is 4.07. The maximum atomic E-state index is 13.6. The van der Waals surface area contributed by atoms with Crippen molar-refractivity contribution in [3.05, 3.63) is 48.4 Å². The van der Waals surface area contributed by atoms with Crippen LogP contribution in [-0.2, 0) is 16.2 Å². The van der Waals surface area contributed by atoms with E-state index in [2.05, 4.69) is 30.0 Å². The van der Waals surface area contributed by atoms with Crippen molar-refractivity contribution >= 4 is 27.3 Å². The van der Waals surface area contributed by atoms with Gasteiger partial charge in [0.15, 0.2) is 5.82 Å². The summed E-state index contributed by atoms with van der Waals surface area (Å²) in [7, 11) is -2.31. The van der Waals surface area contributed by atoms with Crippen LogP contribution in [0.25, 0.3) is 5.82 Å². The molecular formula is C19H20F3N7O2S. The van der Waals surface area contributed by atoms with Gasteiger partial charge in [-0.1, -0.05) is 0 Å². The van der Waals surface area contributed by atoms with E-state index >= 15 is 0 Å². The van der Waals surface area contributed by atoms with Crippen molar-refractivity contribution in [1.29, 1.82) is 0 Å². The summed E-state index contributed by atoms with van der Waals surface area (Å²) < 4.78 is 67.7. The highest BCUT2D eigenvalue weighted by atomic mass is 32.2. The predicted molar refractivity (Wildman–Crippen MR) is 112 cm³/mol. The Bertz CT molecular complexity index is 1200. The Hall–Kier alpha value is -3.19. The van der Waals surface area contributed by atoms with Gasteiger partial charge in [-0.05, 0) is 44.2 Å². The molecule has 0 aliphatic carbocycles. The first-order valence-electron chi connectivity index (χ1n) is 9.72. The van der Waals surface area contributed by atoms with Crippen LogP contribution in [0.3, 0.4) is 0 Å². The number of hydrogen-bond acceptors (Lipinski definition) is 7. The molecule has 170 valence electrons. The Balaban J connectivity index is 1.65. The molecule has 1 aromatic carbocycles. The molecule has 1 aliphatic rings. The molecule has 0 atom stereocenters. The van der Waals surface area contributed by atoms with Crippen molar-refractivity contribution < 1.29 is 21.6 Å². The molecule has 1 saturated heterocycles. The average Bonchev–Trinajstić information content (AvgIpc) is 3.45. The number of nitrogens with one attached hydrogen (secondary N) is 2. The molecular weight excluding hydrogens is 447 g/mol. The molecule has 13 heteroatoms. The number of anilines is 3. The highest BCUT2D eigenvalue weighted by Crippen LogP contribution is 2.33. The summed E-state index contributed by atoms with van der Waals surface area (Å²) in [5, 5.41) is 6.88. The first kappa shape index (κ1) is 22.0. The van der Waals surface area contributed by atoms with Crippen molar-refractivity contribution in [3.8, 4) is 5.82 Å². The average molecular weight is 467 g/mol. The van der Waals surface area contributed by atoms with E-state index in [9.17, 15) is 21.6 Å². The van der Waals surface area contributed by atoms with Crippen molar-refractivity contribution in [2.45, 2.75) is 23.9 Å². The Morgan fingerprint density at radius 3 is 2.38 bits per heavy atom. The van der Waals surface area contributed by atoms with E-state index in [1.54, 1.807) is 0 Å². The molecule has 3 heterocycles. The molecule has 2 aromatic heterocycles. The van der Waals surface area contributed by atoms with Crippen molar-refractivity contribution in [1.82, 2.24) is 24.5 Å². The lowest BCUT2D eigenvalue weighted by Gasteiger charge is -2.15. The van der Waals surface area contributed by atoms with E-state index in [1.807, 2.05) is 0 Å². The van der Waals surface area contributed by atoms with Crippen LogP contribution in [0.1, 0.15) is 18.4 Å². The number of hydrogen-bond donors (Lipinski definition) is 2. The van der Waals surface area contributed by atoms with Gasteiger partial charge in [-0.25, -0.2) is 22.8 Å². The third-order valence-corrected chi connectivity index (χ3v) is 6.45. The smallest absolute Gasteiger partial charge is 0.369 e. The number of rotatable bonds is 6. The quantitative estimate of drug-likeness (QED) is 0.574. The first-order chi connectivity index (χ1) is 15.2. The molecule has 1 fully saturated rings. The summed E-state index contributed by atoms with van der Waals surface area (Å²) in [5.41, 5.74) is 0.114. The van der Waals surface area contributed by atoms with Gasteiger partial charge in [0.05, 0.1) is 23.0 Å². The second kappa shape index (κ2) is 8.39. The van der Waals surface area contributed by atoms with Gasteiger partial charge in [-0.15, -0.1) is 0 Å². The first-order valence-corrected chi connectivity index (χ1v) is 11.2. The SMILES string of the molecule is CNS(=O)(=O)c1ccc(Nc2ncc(C(F)(F)F)c(-n3cc(N4CCCC4)cn3)n2)cc1. The molecule has 0 unspecified atom stereocenters. The Morgan fingerprint density at radius 1 is 1.06 bits per heavy atom. The fraction of sp³-hybridized carbons (Fsp3) is 0.316. The van der Waals surface area contributed by atoms with Gasteiger partial charge in [0, 0.05) is 25.0 Å². The van der Waals surface area contributed by atoms with Crippen LogP contribution in [0, 0.1) is 0 Å². The lowest BCUT2D eigenvalue weighted by atomic mass is 10.3. The number of aromatic nitrogens is 4. The number of halogens is 3. The van der Waals surface area contributed by atoms with Crippen molar-refractivity contribution in [3.63, 3.8) is 0 Å². The van der Waals surface area contributed by atoms with Gasteiger partial charge in [0.25, 0.3) is 0 Å². The molecule has 9 nitrogen and oxygen atoms in total. The predicted octanol–water partition coefficient (Wildman–Crippen LogP) is 2.93. The van der Waals surface area contributed by atoms with E-state index in [0.717, 1.165) is 36.3 Å². The normalized spacial score (nSPS) is 14.7. The molecule has 0 bridgehead atoms. The molecule has 32 heavy (non-hydrogen) atoms. The summed E-state index contributed by atoms with van der Waals surface area (Å²) in [6, 6.07) is 5.64. The standard InChI is InChI=1S/C19H20F3N7O2S/c1-23-32(30,31)15-6-4-13(5-7-15)26-18-24-11-16(19(20,21)22)17(27-18)29-12-14(10-25-29)28-8-2-3-9-28/h4-7,10-12,23H,2-3,8-9H2,1H3,(H,24,26,27). The van der Waals surface area contributed by atoms with Crippen LogP contribution in [-0.4, -0.2) is 48.3 Å². The van der Waals surface area contributed by atoms with Gasteiger partial charge >= 0.3 is 6.18 Å². The summed E-state index contributed by atoms with van der Waals surface area (Å²) in [6.45, 7) is 1.65. The maximum absolute atomic E-state index is 13.6. The van der Waals surface area contributed by atoms with Crippen LogP contribution >= 0.6 is 0 Å². The molecule has 0 radical (unpaired) electrons. The molecule has 2 N–H and O–H groups in total. The monoisotopic (exact) mass is 467 g/mol. The minimum atomic E-state index is -4.67. The highest BCUT2D eigenvalue weighted by molar-refractivity contribution is 7.89.